The van der Waals surface area contributed by atoms with Gasteiger partial charge in [0, 0.05) is 32.0 Å². The lowest BCUT2D eigenvalue weighted by molar-refractivity contribution is 0.199. The Hall–Kier alpha value is -1.43. The Morgan fingerprint density at radius 3 is 2.86 bits per heavy atom. The van der Waals surface area contributed by atoms with Gasteiger partial charge in [-0.3, -0.25) is 0 Å². The van der Waals surface area contributed by atoms with Crippen molar-refractivity contribution in [2.75, 3.05) is 20.3 Å². The molecule has 0 fully saturated rings. The smallest absolute Gasteiger partial charge is 0.127 e. The van der Waals surface area contributed by atoms with E-state index in [2.05, 4.69) is 35.4 Å². The highest BCUT2D eigenvalue weighted by atomic mass is 32.1. The number of ether oxygens (including phenoxy) is 2. The van der Waals surface area contributed by atoms with Crippen molar-refractivity contribution in [3.63, 3.8) is 0 Å². The quantitative estimate of drug-likeness (QED) is 0.761. The zero-order valence-electron chi connectivity index (χ0n) is 12.8. The lowest BCUT2D eigenvalue weighted by Crippen LogP contribution is -2.19. The van der Waals surface area contributed by atoms with E-state index in [1.807, 2.05) is 13.1 Å². The van der Waals surface area contributed by atoms with E-state index in [9.17, 15) is 0 Å². The largest absolute Gasteiger partial charge is 0.487 e. The van der Waals surface area contributed by atoms with Crippen LogP contribution in [0.15, 0.2) is 24.4 Å². The summed E-state index contributed by atoms with van der Waals surface area (Å²) in [6, 6.07) is 6.23. The Morgan fingerprint density at radius 2 is 2.14 bits per heavy atom. The third-order valence-corrected chi connectivity index (χ3v) is 4.01. The van der Waals surface area contributed by atoms with Crippen molar-refractivity contribution in [3.05, 3.63) is 45.4 Å². The van der Waals surface area contributed by atoms with Crippen LogP contribution in [0, 0.1) is 13.8 Å². The molecule has 0 saturated heterocycles. The molecular weight excluding hydrogens is 284 g/mol. The standard InChI is InChI=1S/C16H22N2O2S/c1-12-5-4-6-14(9-17-7-8-19-3)16(12)20-11-15-10-18-13(2)21-15/h4-6,10,17H,7-9,11H2,1-3H3. The summed E-state index contributed by atoms with van der Waals surface area (Å²) in [6.45, 7) is 6.97. The molecule has 5 heteroatoms. The number of para-hydroxylation sites is 1. The number of thiazole rings is 1. The molecule has 0 radical (unpaired) electrons. The predicted octanol–water partition coefficient (Wildman–Crippen LogP) is 3.07. The molecule has 1 N–H and O–H groups in total. The first-order valence-corrected chi connectivity index (χ1v) is 7.84. The maximum atomic E-state index is 6.02. The fraction of sp³-hybridized carbons (Fsp3) is 0.438. The lowest BCUT2D eigenvalue weighted by Gasteiger charge is -2.14. The first kappa shape index (κ1) is 15.9. The van der Waals surface area contributed by atoms with Crippen LogP contribution in [-0.4, -0.2) is 25.2 Å². The van der Waals surface area contributed by atoms with E-state index < -0.39 is 0 Å². The Kier molecular flexibility index (Phi) is 6.17. The van der Waals surface area contributed by atoms with Gasteiger partial charge in [0.2, 0.25) is 0 Å². The van der Waals surface area contributed by atoms with Gasteiger partial charge in [0.25, 0.3) is 0 Å². The summed E-state index contributed by atoms with van der Waals surface area (Å²) in [7, 11) is 1.71. The van der Waals surface area contributed by atoms with Crippen LogP contribution in [0.4, 0.5) is 0 Å². The lowest BCUT2D eigenvalue weighted by atomic mass is 10.1. The molecule has 0 aliphatic heterocycles. The summed E-state index contributed by atoms with van der Waals surface area (Å²) in [5, 5.41) is 4.43. The third-order valence-electron chi connectivity index (χ3n) is 3.12. The van der Waals surface area contributed by atoms with Crippen molar-refractivity contribution in [1.29, 1.82) is 0 Å². The summed E-state index contributed by atoms with van der Waals surface area (Å²) in [6.07, 6.45) is 1.88. The van der Waals surface area contributed by atoms with Crippen molar-refractivity contribution < 1.29 is 9.47 Å². The van der Waals surface area contributed by atoms with Gasteiger partial charge in [-0.2, -0.15) is 0 Å². The monoisotopic (exact) mass is 306 g/mol. The zero-order chi connectivity index (χ0) is 15.1. The number of nitrogens with one attached hydrogen (secondary N) is 1. The molecule has 21 heavy (non-hydrogen) atoms. The van der Waals surface area contributed by atoms with Crippen molar-refractivity contribution in [3.8, 4) is 5.75 Å². The molecule has 0 saturated carbocycles. The highest BCUT2D eigenvalue weighted by Crippen LogP contribution is 2.25. The van der Waals surface area contributed by atoms with E-state index in [0.29, 0.717) is 13.2 Å². The van der Waals surface area contributed by atoms with Crippen LogP contribution in [0.2, 0.25) is 0 Å². The maximum absolute atomic E-state index is 6.02. The molecule has 1 aromatic heterocycles. The first-order valence-electron chi connectivity index (χ1n) is 7.03. The van der Waals surface area contributed by atoms with Gasteiger partial charge in [0.15, 0.2) is 0 Å². The summed E-state index contributed by atoms with van der Waals surface area (Å²) in [4.78, 5) is 5.40. The number of methoxy groups -OCH3 is 1. The van der Waals surface area contributed by atoms with E-state index >= 15 is 0 Å². The average Bonchev–Trinajstić information content (AvgIpc) is 2.88. The highest BCUT2D eigenvalue weighted by molar-refractivity contribution is 7.11. The Morgan fingerprint density at radius 1 is 1.29 bits per heavy atom. The van der Waals surface area contributed by atoms with Crippen molar-refractivity contribution in [2.45, 2.75) is 27.0 Å². The molecular formula is C16H22N2O2S. The molecule has 0 aliphatic carbocycles. The normalized spacial score (nSPS) is 10.8. The number of benzene rings is 1. The third kappa shape index (κ3) is 4.81. The number of rotatable bonds is 8. The Labute approximate surface area is 130 Å². The van der Waals surface area contributed by atoms with Crippen LogP contribution in [-0.2, 0) is 17.9 Å². The molecule has 4 nitrogen and oxygen atoms in total. The number of aryl methyl sites for hydroxylation is 2. The number of hydrogen-bond acceptors (Lipinski definition) is 5. The van der Waals surface area contributed by atoms with E-state index in [4.69, 9.17) is 9.47 Å². The molecule has 2 aromatic rings. The van der Waals surface area contributed by atoms with Crippen molar-refractivity contribution in [2.24, 2.45) is 0 Å². The molecule has 0 amide bonds. The molecule has 2 rings (SSSR count). The SMILES string of the molecule is COCCNCc1cccc(C)c1OCc1cnc(C)s1. The number of aromatic nitrogens is 1. The molecule has 0 aliphatic rings. The van der Waals surface area contributed by atoms with Gasteiger partial charge >= 0.3 is 0 Å². The van der Waals surface area contributed by atoms with E-state index in [-0.39, 0.29) is 0 Å². The van der Waals surface area contributed by atoms with Crippen LogP contribution in [0.25, 0.3) is 0 Å². The Bertz CT molecular complexity index is 569. The van der Waals surface area contributed by atoms with Gasteiger partial charge < -0.3 is 14.8 Å². The van der Waals surface area contributed by atoms with Gasteiger partial charge in [-0.05, 0) is 19.4 Å². The second kappa shape index (κ2) is 8.12. The highest BCUT2D eigenvalue weighted by Gasteiger charge is 2.08. The summed E-state index contributed by atoms with van der Waals surface area (Å²) >= 11 is 1.67. The minimum absolute atomic E-state index is 0.571. The van der Waals surface area contributed by atoms with E-state index in [1.165, 1.54) is 5.56 Å². The second-order valence-electron chi connectivity index (χ2n) is 4.87. The topological polar surface area (TPSA) is 43.4 Å². The van der Waals surface area contributed by atoms with Crippen LogP contribution in [0.5, 0.6) is 5.75 Å². The minimum Gasteiger partial charge on any atom is -0.487 e. The van der Waals surface area contributed by atoms with Crippen molar-refractivity contribution >= 4 is 11.3 Å². The van der Waals surface area contributed by atoms with Crippen LogP contribution >= 0.6 is 11.3 Å². The van der Waals surface area contributed by atoms with Gasteiger partial charge in [0.1, 0.15) is 12.4 Å². The summed E-state index contributed by atoms with van der Waals surface area (Å²) in [5.41, 5.74) is 2.33. The zero-order valence-corrected chi connectivity index (χ0v) is 13.6. The van der Waals surface area contributed by atoms with Crippen LogP contribution in [0.3, 0.4) is 0 Å². The minimum atomic E-state index is 0.571. The predicted molar refractivity (Wildman–Crippen MR) is 85.9 cm³/mol. The average molecular weight is 306 g/mol. The van der Waals surface area contributed by atoms with Crippen molar-refractivity contribution in [1.82, 2.24) is 10.3 Å². The van der Waals surface area contributed by atoms with Gasteiger partial charge in [-0.25, -0.2) is 4.98 Å². The number of nitrogens with zero attached hydrogens (tertiary/aromatic N) is 1. The fourth-order valence-corrected chi connectivity index (χ4v) is 2.78. The van der Waals surface area contributed by atoms with Crippen LogP contribution < -0.4 is 10.1 Å². The van der Waals surface area contributed by atoms with E-state index in [0.717, 1.165) is 34.3 Å². The maximum Gasteiger partial charge on any atom is 0.127 e. The first-order chi connectivity index (χ1) is 10.2. The van der Waals surface area contributed by atoms with Gasteiger partial charge in [-0.15, -0.1) is 11.3 Å². The molecule has 0 atom stereocenters. The van der Waals surface area contributed by atoms with Gasteiger partial charge in [-0.1, -0.05) is 18.2 Å². The summed E-state index contributed by atoms with van der Waals surface area (Å²) < 4.78 is 11.1. The molecule has 0 spiro atoms. The van der Waals surface area contributed by atoms with E-state index in [1.54, 1.807) is 18.4 Å². The fourth-order valence-electron chi connectivity index (χ4n) is 2.07. The molecule has 1 aromatic carbocycles. The second-order valence-corrected chi connectivity index (χ2v) is 6.19. The van der Waals surface area contributed by atoms with Crippen LogP contribution in [0.1, 0.15) is 21.0 Å². The van der Waals surface area contributed by atoms with Gasteiger partial charge in [0.05, 0.1) is 16.5 Å². The molecule has 0 bridgehead atoms. The molecule has 0 unspecified atom stereocenters. The summed E-state index contributed by atoms with van der Waals surface area (Å²) in [5.74, 6) is 0.966. The molecule has 1 heterocycles. The number of hydrogen-bond donors (Lipinski definition) is 1. The Balaban J connectivity index is 1.99. The molecule has 114 valence electrons.